The molecule has 0 bridgehead atoms. The van der Waals surface area contributed by atoms with E-state index in [1.54, 1.807) is 18.5 Å². The maximum Gasteiger partial charge on any atom is 0.253 e. The molecule has 3 aromatic rings. The van der Waals surface area contributed by atoms with Crippen LogP contribution < -0.4 is 15.5 Å². The molecule has 2 N–H and O–H groups in total. The van der Waals surface area contributed by atoms with Crippen molar-refractivity contribution in [2.24, 2.45) is 0 Å². The Balaban J connectivity index is 1.63. The summed E-state index contributed by atoms with van der Waals surface area (Å²) in [6.07, 6.45) is 3.28. The topological polar surface area (TPSA) is 57.3 Å². The molecule has 3 rings (SSSR count). The molecule has 1 amide bonds. The highest BCUT2D eigenvalue weighted by Crippen LogP contribution is 2.20. The van der Waals surface area contributed by atoms with Crippen molar-refractivity contribution >= 4 is 23.0 Å². The quantitative estimate of drug-likeness (QED) is 0.694. The average molecular weight is 360 g/mol. The Hall–Kier alpha value is -3.34. The lowest BCUT2D eigenvalue weighted by molar-refractivity contribution is 0.0950. The third-order valence-corrected chi connectivity index (χ3v) is 4.25. The van der Waals surface area contributed by atoms with Crippen LogP contribution in [0.1, 0.15) is 21.5 Å². The number of aryl methyl sites for hydroxylation is 1. The van der Waals surface area contributed by atoms with Gasteiger partial charge in [0.1, 0.15) is 0 Å². The van der Waals surface area contributed by atoms with Crippen molar-refractivity contribution in [3.63, 3.8) is 0 Å². The summed E-state index contributed by atoms with van der Waals surface area (Å²) in [5.41, 5.74) is 5.64. The second-order valence-corrected chi connectivity index (χ2v) is 6.70. The minimum Gasteiger partial charge on any atom is -0.378 e. The molecule has 0 spiro atoms. The number of pyridine rings is 1. The summed E-state index contributed by atoms with van der Waals surface area (Å²) in [4.78, 5) is 18.7. The molecule has 27 heavy (non-hydrogen) atoms. The van der Waals surface area contributed by atoms with Crippen LogP contribution in [0.5, 0.6) is 0 Å². The maximum atomic E-state index is 12.4. The van der Waals surface area contributed by atoms with Gasteiger partial charge in [0, 0.05) is 38.2 Å². The van der Waals surface area contributed by atoms with E-state index in [4.69, 9.17) is 0 Å². The highest BCUT2D eigenvalue weighted by Gasteiger charge is 2.07. The molecule has 0 saturated heterocycles. The maximum absolute atomic E-state index is 12.4. The number of nitrogens with one attached hydrogen (secondary N) is 2. The van der Waals surface area contributed by atoms with Gasteiger partial charge in [-0.1, -0.05) is 29.8 Å². The summed E-state index contributed by atoms with van der Waals surface area (Å²) >= 11 is 0. The van der Waals surface area contributed by atoms with Crippen molar-refractivity contribution in [3.05, 3.63) is 83.7 Å². The second kappa shape index (κ2) is 8.36. The fourth-order valence-electron chi connectivity index (χ4n) is 2.63. The lowest BCUT2D eigenvalue weighted by Gasteiger charge is -2.13. The highest BCUT2D eigenvalue weighted by molar-refractivity contribution is 5.94. The Kier molecular flexibility index (Phi) is 5.71. The molecule has 0 aliphatic heterocycles. The van der Waals surface area contributed by atoms with Gasteiger partial charge >= 0.3 is 0 Å². The number of rotatable bonds is 6. The van der Waals surface area contributed by atoms with E-state index in [1.807, 2.05) is 74.4 Å². The molecular formula is C22H24N4O. The van der Waals surface area contributed by atoms with Gasteiger partial charge in [-0.05, 0) is 42.8 Å². The molecule has 1 aromatic heterocycles. The number of hydrogen-bond acceptors (Lipinski definition) is 4. The van der Waals surface area contributed by atoms with Crippen LogP contribution in [0.3, 0.4) is 0 Å². The van der Waals surface area contributed by atoms with E-state index in [-0.39, 0.29) is 5.91 Å². The van der Waals surface area contributed by atoms with Crippen molar-refractivity contribution < 1.29 is 4.79 Å². The Morgan fingerprint density at radius 2 is 1.67 bits per heavy atom. The molecular weight excluding hydrogens is 336 g/mol. The predicted molar refractivity (Wildman–Crippen MR) is 111 cm³/mol. The van der Waals surface area contributed by atoms with Crippen LogP contribution in [0.2, 0.25) is 0 Å². The van der Waals surface area contributed by atoms with E-state index >= 15 is 0 Å². The summed E-state index contributed by atoms with van der Waals surface area (Å²) in [6, 6.07) is 18.0. The summed E-state index contributed by atoms with van der Waals surface area (Å²) in [5.74, 6) is -0.144. The van der Waals surface area contributed by atoms with Crippen molar-refractivity contribution in [2.45, 2.75) is 13.5 Å². The van der Waals surface area contributed by atoms with E-state index in [1.165, 1.54) is 5.56 Å². The third-order valence-electron chi connectivity index (χ3n) is 4.25. The van der Waals surface area contributed by atoms with Gasteiger partial charge in [-0.15, -0.1) is 0 Å². The molecule has 1 heterocycles. The number of carbonyl (C=O) groups excluding carboxylic acids is 1. The normalized spacial score (nSPS) is 10.3. The molecule has 0 radical (unpaired) electrons. The molecule has 138 valence electrons. The van der Waals surface area contributed by atoms with Gasteiger partial charge in [-0.3, -0.25) is 9.78 Å². The van der Waals surface area contributed by atoms with Crippen LogP contribution in [0, 0.1) is 6.92 Å². The molecule has 0 aliphatic carbocycles. The first kappa shape index (κ1) is 18.5. The Labute approximate surface area is 160 Å². The first-order chi connectivity index (χ1) is 13.0. The lowest BCUT2D eigenvalue weighted by atomic mass is 10.1. The van der Waals surface area contributed by atoms with Gasteiger partial charge in [0.15, 0.2) is 0 Å². The van der Waals surface area contributed by atoms with Gasteiger partial charge < -0.3 is 15.5 Å². The van der Waals surface area contributed by atoms with Crippen molar-refractivity contribution in [2.75, 3.05) is 24.3 Å². The first-order valence-electron chi connectivity index (χ1n) is 8.84. The number of anilines is 3. The van der Waals surface area contributed by atoms with Crippen LogP contribution >= 0.6 is 0 Å². The fourth-order valence-corrected chi connectivity index (χ4v) is 2.63. The monoisotopic (exact) mass is 360 g/mol. The van der Waals surface area contributed by atoms with Gasteiger partial charge in [0.2, 0.25) is 0 Å². The van der Waals surface area contributed by atoms with Crippen LogP contribution in [-0.2, 0) is 6.54 Å². The van der Waals surface area contributed by atoms with Gasteiger partial charge in [0.25, 0.3) is 5.91 Å². The third kappa shape index (κ3) is 5.07. The summed E-state index contributed by atoms with van der Waals surface area (Å²) in [5, 5.41) is 6.22. The smallest absolute Gasteiger partial charge is 0.253 e. The average Bonchev–Trinajstić information content (AvgIpc) is 2.68. The van der Waals surface area contributed by atoms with Gasteiger partial charge in [0.05, 0.1) is 17.4 Å². The number of nitrogens with zero attached hydrogens (tertiary/aromatic N) is 2. The van der Waals surface area contributed by atoms with Crippen LogP contribution in [0.15, 0.2) is 67.0 Å². The van der Waals surface area contributed by atoms with E-state index in [2.05, 4.69) is 15.6 Å². The number of benzene rings is 2. The van der Waals surface area contributed by atoms with Crippen LogP contribution in [0.4, 0.5) is 17.1 Å². The van der Waals surface area contributed by atoms with Crippen LogP contribution in [0.25, 0.3) is 0 Å². The van der Waals surface area contributed by atoms with Crippen molar-refractivity contribution in [3.8, 4) is 0 Å². The zero-order valence-corrected chi connectivity index (χ0v) is 15.9. The SMILES string of the molecule is Cc1ccc(CNC(=O)c2cncc(Nc3ccc(N(C)C)cc3)c2)cc1. The van der Waals surface area contributed by atoms with Crippen LogP contribution in [-0.4, -0.2) is 25.0 Å². The molecule has 0 fully saturated rings. The zero-order valence-electron chi connectivity index (χ0n) is 15.9. The molecule has 2 aromatic carbocycles. The van der Waals surface area contributed by atoms with E-state index in [9.17, 15) is 4.79 Å². The minimum atomic E-state index is -0.144. The summed E-state index contributed by atoms with van der Waals surface area (Å²) in [7, 11) is 4.01. The standard InChI is InChI=1S/C22H24N4O/c1-16-4-6-17(7-5-16)13-24-22(27)18-12-20(15-23-14-18)25-19-8-10-21(11-9-19)26(2)3/h4-12,14-15,25H,13H2,1-3H3,(H,24,27). The van der Waals surface area contributed by atoms with Crippen molar-refractivity contribution in [1.29, 1.82) is 0 Å². The van der Waals surface area contributed by atoms with E-state index < -0.39 is 0 Å². The fraction of sp³-hybridized carbons (Fsp3) is 0.182. The molecule has 5 heteroatoms. The largest absolute Gasteiger partial charge is 0.378 e. The Bertz CT molecular complexity index is 902. The van der Waals surface area contributed by atoms with E-state index in [0.29, 0.717) is 12.1 Å². The van der Waals surface area contributed by atoms with E-state index in [0.717, 1.165) is 22.6 Å². The lowest BCUT2D eigenvalue weighted by Crippen LogP contribution is -2.23. The zero-order chi connectivity index (χ0) is 19.2. The number of hydrogen-bond donors (Lipinski definition) is 2. The summed E-state index contributed by atoms with van der Waals surface area (Å²) in [6.45, 7) is 2.53. The molecule has 0 unspecified atom stereocenters. The predicted octanol–water partition coefficient (Wildman–Crippen LogP) is 4.13. The highest BCUT2D eigenvalue weighted by atomic mass is 16.1. The molecule has 0 saturated carbocycles. The number of aromatic nitrogens is 1. The number of carbonyl (C=O) groups is 1. The minimum absolute atomic E-state index is 0.144. The van der Waals surface area contributed by atoms with Crippen molar-refractivity contribution in [1.82, 2.24) is 10.3 Å². The Morgan fingerprint density at radius 1 is 0.963 bits per heavy atom. The Morgan fingerprint density at radius 3 is 2.33 bits per heavy atom. The number of amides is 1. The second-order valence-electron chi connectivity index (χ2n) is 6.70. The molecule has 0 atom stereocenters. The first-order valence-corrected chi connectivity index (χ1v) is 8.84. The molecule has 5 nitrogen and oxygen atoms in total. The summed E-state index contributed by atoms with van der Waals surface area (Å²) < 4.78 is 0. The van der Waals surface area contributed by atoms with Gasteiger partial charge in [-0.2, -0.15) is 0 Å². The molecule has 0 aliphatic rings. The van der Waals surface area contributed by atoms with Gasteiger partial charge in [-0.25, -0.2) is 0 Å².